The van der Waals surface area contributed by atoms with Crippen LogP contribution in [-0.2, 0) is 4.79 Å². The van der Waals surface area contributed by atoms with Crippen molar-refractivity contribution in [2.75, 3.05) is 6.61 Å². The van der Waals surface area contributed by atoms with Gasteiger partial charge in [0.1, 0.15) is 24.4 Å². The van der Waals surface area contributed by atoms with Crippen LogP contribution in [0.1, 0.15) is 0 Å². The Morgan fingerprint density at radius 3 is 2.00 bits per heavy atom. The summed E-state index contributed by atoms with van der Waals surface area (Å²) >= 11 is 0. The Balaban J connectivity index is 4.07. The fraction of sp³-hybridized carbons (Fsp3) is 0.833. The van der Waals surface area contributed by atoms with E-state index in [2.05, 4.69) is 0 Å². The third kappa shape index (κ3) is 2.84. The summed E-state index contributed by atoms with van der Waals surface area (Å²) in [6, 6.07) is 0. The molecule has 0 aromatic heterocycles. The van der Waals surface area contributed by atoms with E-state index in [0.29, 0.717) is 0 Å². The molecule has 0 bridgehead atoms. The summed E-state index contributed by atoms with van der Waals surface area (Å²) in [5.41, 5.74) is 0. The molecule has 0 radical (unpaired) electrons. The van der Waals surface area contributed by atoms with Crippen LogP contribution in [0.3, 0.4) is 0 Å². The van der Waals surface area contributed by atoms with E-state index in [1.807, 2.05) is 0 Å². The largest absolute Gasteiger partial charge is 0.394 e. The molecular formula is C6H12O6. The number of aldehydes is 1. The van der Waals surface area contributed by atoms with Gasteiger partial charge in [-0.25, -0.2) is 0 Å². The second kappa shape index (κ2) is 5.18. The Bertz CT molecular complexity index is 138. The molecule has 0 fully saturated rings. The maximum atomic E-state index is 9.90. The van der Waals surface area contributed by atoms with Gasteiger partial charge in [0.05, 0.1) is 6.61 Å². The molecule has 0 heterocycles. The van der Waals surface area contributed by atoms with Gasteiger partial charge in [0.15, 0.2) is 6.29 Å². The molecule has 72 valence electrons. The molecule has 0 aliphatic carbocycles. The van der Waals surface area contributed by atoms with Crippen LogP contribution >= 0.6 is 0 Å². The van der Waals surface area contributed by atoms with E-state index >= 15 is 0 Å². The monoisotopic (exact) mass is 182 g/mol. The SMILES string of the molecule is O=C[C@H](O)[C@@H](O)[C@H](O)[C@H](O)C[18OH]. The molecule has 0 aliphatic heterocycles. The lowest BCUT2D eigenvalue weighted by Gasteiger charge is -2.22. The average molecular weight is 182 g/mol. The maximum Gasteiger partial charge on any atom is 0.151 e. The highest BCUT2D eigenvalue weighted by atomic mass is 18.2. The maximum absolute atomic E-state index is 9.90. The Labute approximate surface area is 68.7 Å². The molecule has 4 atom stereocenters. The summed E-state index contributed by atoms with van der Waals surface area (Å²) in [4.78, 5) is 9.90. The molecule has 0 saturated carbocycles. The van der Waals surface area contributed by atoms with E-state index in [1.165, 1.54) is 0 Å². The first-order chi connectivity index (χ1) is 5.54. The normalized spacial score (nSPS) is 21.1. The smallest absolute Gasteiger partial charge is 0.151 e. The number of hydrogen-bond donors (Lipinski definition) is 5. The lowest BCUT2D eigenvalue weighted by Crippen LogP contribution is -2.46. The van der Waals surface area contributed by atoms with Gasteiger partial charge in [0.2, 0.25) is 0 Å². The standard InChI is InChI=1S/C6H12O6/c7-1-3(9)5(11)6(12)4(10)2-8/h1,3-6,8-12H,2H2/t3-,4+,5+,6+/m0/s1/i8+2. The van der Waals surface area contributed by atoms with Gasteiger partial charge in [-0.15, -0.1) is 0 Å². The van der Waals surface area contributed by atoms with Gasteiger partial charge in [-0.3, -0.25) is 0 Å². The molecular weight excluding hydrogens is 170 g/mol. The van der Waals surface area contributed by atoms with Gasteiger partial charge in [-0.05, 0) is 0 Å². The third-order valence-electron chi connectivity index (χ3n) is 1.42. The molecule has 6 heteroatoms. The molecule has 6 nitrogen and oxygen atoms in total. The van der Waals surface area contributed by atoms with Crippen molar-refractivity contribution < 1.29 is 30.3 Å². The van der Waals surface area contributed by atoms with Gasteiger partial charge in [-0.2, -0.15) is 0 Å². The molecule has 0 amide bonds. The Kier molecular flexibility index (Phi) is 4.95. The van der Waals surface area contributed by atoms with Crippen molar-refractivity contribution in [3.05, 3.63) is 0 Å². The first kappa shape index (κ1) is 11.5. The summed E-state index contributed by atoms with van der Waals surface area (Å²) < 4.78 is 0. The summed E-state index contributed by atoms with van der Waals surface area (Å²) in [6.07, 6.45) is -6.84. The van der Waals surface area contributed by atoms with Crippen molar-refractivity contribution in [1.82, 2.24) is 0 Å². The topological polar surface area (TPSA) is 118 Å². The highest BCUT2D eigenvalue weighted by Crippen LogP contribution is 2.02. The van der Waals surface area contributed by atoms with E-state index < -0.39 is 31.0 Å². The van der Waals surface area contributed by atoms with E-state index in [9.17, 15) is 4.79 Å². The van der Waals surface area contributed by atoms with Crippen LogP contribution in [0.2, 0.25) is 0 Å². The molecule has 0 aliphatic rings. The van der Waals surface area contributed by atoms with Crippen LogP contribution < -0.4 is 0 Å². The average Bonchev–Trinajstić information content (AvgIpc) is 2.12. The highest BCUT2D eigenvalue weighted by Gasteiger charge is 2.29. The number of rotatable bonds is 5. The molecule has 0 aromatic rings. The molecule has 5 N–H and O–H groups in total. The second-order valence-corrected chi connectivity index (χ2v) is 2.36. The summed E-state index contributed by atoms with van der Waals surface area (Å²) in [5, 5.41) is 43.5. The van der Waals surface area contributed by atoms with Crippen molar-refractivity contribution in [3.8, 4) is 0 Å². The number of carbonyl (C=O) groups excluding carboxylic acids is 1. The second-order valence-electron chi connectivity index (χ2n) is 2.36. The van der Waals surface area contributed by atoms with Crippen LogP contribution in [0, 0.1) is 0 Å². The predicted molar refractivity (Wildman–Crippen MR) is 37.2 cm³/mol. The molecule has 0 unspecified atom stereocenters. The number of aliphatic hydroxyl groups is 5. The van der Waals surface area contributed by atoms with E-state index in [4.69, 9.17) is 25.5 Å². The minimum Gasteiger partial charge on any atom is -0.394 e. The quantitative estimate of drug-likeness (QED) is 0.223. The summed E-state index contributed by atoms with van der Waals surface area (Å²) in [5.74, 6) is 0. The number of carbonyl (C=O) groups is 1. The van der Waals surface area contributed by atoms with Gasteiger partial charge < -0.3 is 30.3 Å². The molecule has 0 spiro atoms. The van der Waals surface area contributed by atoms with Crippen molar-refractivity contribution >= 4 is 6.29 Å². The van der Waals surface area contributed by atoms with E-state index in [-0.39, 0.29) is 6.29 Å². The molecule has 0 saturated heterocycles. The van der Waals surface area contributed by atoms with Crippen LogP contribution in [0.15, 0.2) is 0 Å². The lowest BCUT2D eigenvalue weighted by molar-refractivity contribution is -0.136. The first-order valence-electron chi connectivity index (χ1n) is 3.33. The minimum atomic E-state index is -1.79. The van der Waals surface area contributed by atoms with Crippen LogP contribution in [0.25, 0.3) is 0 Å². The van der Waals surface area contributed by atoms with Gasteiger partial charge >= 0.3 is 0 Å². The Morgan fingerprint density at radius 2 is 1.67 bits per heavy atom. The van der Waals surface area contributed by atoms with Crippen molar-refractivity contribution in [1.29, 1.82) is 0 Å². The highest BCUT2D eigenvalue weighted by molar-refractivity contribution is 5.56. The summed E-state index contributed by atoms with van der Waals surface area (Å²) in [6.45, 7) is -0.760. The van der Waals surface area contributed by atoms with Crippen molar-refractivity contribution in [2.24, 2.45) is 0 Å². The van der Waals surface area contributed by atoms with Crippen LogP contribution in [0.4, 0.5) is 0 Å². The predicted octanol–water partition coefficient (Wildman–Crippen LogP) is -3.38. The van der Waals surface area contributed by atoms with Gasteiger partial charge in [0, 0.05) is 0 Å². The zero-order chi connectivity index (χ0) is 9.72. The zero-order valence-corrected chi connectivity index (χ0v) is 6.24. The van der Waals surface area contributed by atoms with E-state index in [1.54, 1.807) is 0 Å². The minimum absolute atomic E-state index is 0.0258. The summed E-state index contributed by atoms with van der Waals surface area (Å²) in [7, 11) is 0. The lowest BCUT2D eigenvalue weighted by atomic mass is 10.0. The van der Waals surface area contributed by atoms with Crippen molar-refractivity contribution in [2.45, 2.75) is 24.4 Å². The molecule has 0 aromatic carbocycles. The van der Waals surface area contributed by atoms with Gasteiger partial charge in [-0.1, -0.05) is 0 Å². The fourth-order valence-electron chi connectivity index (χ4n) is 0.618. The Morgan fingerprint density at radius 1 is 1.17 bits per heavy atom. The molecule has 0 rings (SSSR count). The third-order valence-corrected chi connectivity index (χ3v) is 1.42. The van der Waals surface area contributed by atoms with Crippen LogP contribution in [0.5, 0.6) is 0 Å². The van der Waals surface area contributed by atoms with Gasteiger partial charge in [0.25, 0.3) is 0 Å². The van der Waals surface area contributed by atoms with Crippen molar-refractivity contribution in [3.63, 3.8) is 0 Å². The van der Waals surface area contributed by atoms with Crippen LogP contribution in [-0.4, -0.2) is 62.8 Å². The fourth-order valence-corrected chi connectivity index (χ4v) is 0.618. The zero-order valence-electron chi connectivity index (χ0n) is 6.24. The first-order valence-corrected chi connectivity index (χ1v) is 3.33. The number of hydrogen-bond acceptors (Lipinski definition) is 6. The molecule has 12 heavy (non-hydrogen) atoms. The van der Waals surface area contributed by atoms with E-state index in [0.717, 1.165) is 0 Å². The number of aliphatic hydroxyl groups excluding tert-OH is 5. The Hall–Kier alpha value is -0.530.